The number of likely N-dealkylation sites (N-methyl/N-ethyl adjacent to an activating group) is 1. The third-order valence-electron chi connectivity index (χ3n) is 12.3. The molecule has 1 aliphatic heterocycles. The molecule has 1 heterocycles. The first-order valence-corrected chi connectivity index (χ1v) is 23.9. The third kappa shape index (κ3) is 20.2. The van der Waals surface area contributed by atoms with Gasteiger partial charge in [0.15, 0.2) is 0 Å². The molecule has 25 heteroatoms. The molecule has 0 aromatic heterocycles. The Morgan fingerprint density at radius 3 is 1.87 bits per heavy atom. The van der Waals surface area contributed by atoms with Crippen LogP contribution in [0.2, 0.25) is 0 Å². The predicted molar refractivity (Wildman–Crippen MR) is 258 cm³/mol. The van der Waals surface area contributed by atoms with E-state index in [2.05, 4.69) is 47.9 Å². The van der Waals surface area contributed by atoms with Crippen molar-refractivity contribution in [3.8, 4) is 0 Å². The number of aliphatic carboxylic acids is 1. The first-order chi connectivity index (χ1) is 32.9. The number of hydrogen-bond acceptors (Lipinski definition) is 14. The number of aliphatic hydroxyl groups is 2. The van der Waals surface area contributed by atoms with Crippen molar-refractivity contribution in [2.24, 2.45) is 23.3 Å². The van der Waals surface area contributed by atoms with Crippen LogP contribution in [0.5, 0.6) is 0 Å². The molecule has 16 N–H and O–H groups in total. The second-order valence-corrected chi connectivity index (χ2v) is 19.0. The second kappa shape index (κ2) is 29.2. The minimum absolute atomic E-state index is 0.0499. The highest BCUT2D eigenvalue weighted by molar-refractivity contribution is 6.00. The van der Waals surface area contributed by atoms with E-state index in [9.17, 15) is 68.1 Å². The molecule has 1 aliphatic rings. The predicted octanol–water partition coefficient (Wildman–Crippen LogP) is -3.15. The lowest BCUT2D eigenvalue weighted by molar-refractivity contribution is -0.143. The highest BCUT2D eigenvalue weighted by atomic mass is 16.4. The normalized spacial score (nSPS) is 25.5. The fourth-order valence-electron chi connectivity index (χ4n) is 7.30. The van der Waals surface area contributed by atoms with E-state index in [1.54, 1.807) is 39.8 Å². The van der Waals surface area contributed by atoms with Gasteiger partial charge in [-0.15, -0.1) is 0 Å². The van der Waals surface area contributed by atoms with E-state index in [1.807, 2.05) is 0 Å². The summed E-state index contributed by atoms with van der Waals surface area (Å²) in [6, 6.07) is -10.2. The monoisotopic (exact) mass is 1010 g/mol. The molecule has 0 aromatic carbocycles. The minimum atomic E-state index is -1.87. The molecule has 0 spiro atoms. The molecule has 25 nitrogen and oxygen atoms in total. The number of carbonyl (C=O) groups excluding carboxylic acids is 10. The van der Waals surface area contributed by atoms with Gasteiger partial charge in [-0.2, -0.15) is 0 Å². The van der Waals surface area contributed by atoms with Crippen LogP contribution >= 0.6 is 0 Å². The summed E-state index contributed by atoms with van der Waals surface area (Å²) in [7, 11) is 1.31. The largest absolute Gasteiger partial charge is 0.481 e. The van der Waals surface area contributed by atoms with Crippen LogP contribution in [0.3, 0.4) is 0 Å². The molecule has 0 fully saturated rings. The lowest BCUT2D eigenvalue weighted by Gasteiger charge is -2.34. The van der Waals surface area contributed by atoms with E-state index < -0.39 is 149 Å². The number of allylic oxidation sites excluding steroid dienone is 2. The fourth-order valence-corrected chi connectivity index (χ4v) is 7.30. The fraction of sp³-hybridized carbons (Fsp3) is 0.717. The number of primary amides is 1. The van der Waals surface area contributed by atoms with Crippen LogP contribution in [0.25, 0.3) is 0 Å². The summed E-state index contributed by atoms with van der Waals surface area (Å²) in [6.45, 7) is 13.1. The van der Waals surface area contributed by atoms with Crippen molar-refractivity contribution in [1.29, 1.82) is 0 Å². The number of carboxylic acids is 1. The zero-order valence-electron chi connectivity index (χ0n) is 42.6. The van der Waals surface area contributed by atoms with Crippen LogP contribution in [-0.4, -0.2) is 153 Å². The summed E-state index contributed by atoms with van der Waals surface area (Å²) >= 11 is 0. The van der Waals surface area contributed by atoms with Crippen LogP contribution in [0.4, 0.5) is 0 Å². The second-order valence-electron chi connectivity index (χ2n) is 19.0. The molecule has 0 bridgehead atoms. The van der Waals surface area contributed by atoms with Gasteiger partial charge in [0, 0.05) is 13.5 Å². The van der Waals surface area contributed by atoms with Gasteiger partial charge in [0.2, 0.25) is 59.1 Å². The van der Waals surface area contributed by atoms with Crippen molar-refractivity contribution >= 4 is 65.0 Å². The molecule has 402 valence electrons. The molecule has 12 atom stereocenters. The van der Waals surface area contributed by atoms with Crippen molar-refractivity contribution in [2.45, 2.75) is 192 Å². The van der Waals surface area contributed by atoms with E-state index in [-0.39, 0.29) is 44.9 Å². The highest BCUT2D eigenvalue weighted by Gasteiger charge is 2.42. The molecule has 1 rings (SSSR count). The Kier molecular flexibility index (Phi) is 25.8. The topological polar surface area (TPSA) is 409 Å². The molecule has 0 aromatic rings. The van der Waals surface area contributed by atoms with Crippen molar-refractivity contribution in [3.63, 3.8) is 0 Å². The van der Waals surface area contributed by atoms with Gasteiger partial charge in [-0.3, -0.25) is 52.7 Å². The summed E-state index contributed by atoms with van der Waals surface area (Å²) in [4.78, 5) is 147. The van der Waals surface area contributed by atoms with E-state index in [1.165, 1.54) is 41.7 Å². The number of nitrogens with one attached hydrogen (secondary N) is 9. The number of hydrogen-bond donors (Lipinski definition) is 14. The van der Waals surface area contributed by atoms with Gasteiger partial charge in [0.25, 0.3) is 0 Å². The number of amides is 10. The number of rotatable bonds is 19. The maximum absolute atomic E-state index is 14.3. The molecule has 71 heavy (non-hydrogen) atoms. The molecule has 0 saturated heterocycles. The van der Waals surface area contributed by atoms with Gasteiger partial charge in [0.05, 0.1) is 18.6 Å². The average Bonchev–Trinajstić information content (AvgIpc) is 3.28. The van der Waals surface area contributed by atoms with Crippen LogP contribution < -0.4 is 59.3 Å². The number of carboxylic acid groups (broad SMARTS) is 1. The zero-order valence-corrected chi connectivity index (χ0v) is 42.6. The summed E-state index contributed by atoms with van der Waals surface area (Å²) in [5, 5.41) is 52.5. The standard InChI is InChI=1S/C46H79N11O14/c1-11-24(4)34-42(69)52-29(22-31(61)62)38(65)57-46(9,44(71)55-33(23(2)3)41(68)54-35(27(7)59)40(67)49-10)21-17-15-13-12-14-16-20-45(8,43(70)50-25(5)36(63)53-34)56-37(64)28(18-19-30(47)60)51-39(66)32(48)26(6)58/h12-13,23-29,32-35,58-59H,11,14-22,48H2,1-10H3,(H2,47,60)(H,49,67)(H,50,70)(H,51,66)(H,52,69)(H,53,63)(H,54,68)(H,55,71)(H,56,64)(H,57,65)(H,61,62)/b13-12+/t24-,25-,26+,27+,28-,29-,32+,33-,34-,35-,45-,46-/m0/s1. The Balaban J connectivity index is 3.81. The van der Waals surface area contributed by atoms with Crippen LogP contribution in [0.15, 0.2) is 12.2 Å². The van der Waals surface area contributed by atoms with E-state index >= 15 is 0 Å². The van der Waals surface area contributed by atoms with Gasteiger partial charge in [-0.25, -0.2) is 0 Å². The Morgan fingerprint density at radius 2 is 1.37 bits per heavy atom. The maximum Gasteiger partial charge on any atom is 0.305 e. The minimum Gasteiger partial charge on any atom is -0.481 e. The zero-order chi connectivity index (χ0) is 54.6. The molecular formula is C46H79N11O14. The average molecular weight is 1010 g/mol. The van der Waals surface area contributed by atoms with E-state index in [4.69, 9.17) is 11.5 Å². The first kappa shape index (κ1) is 62.8. The molecule has 0 aliphatic carbocycles. The van der Waals surface area contributed by atoms with Crippen molar-refractivity contribution in [2.75, 3.05) is 7.05 Å². The third-order valence-corrected chi connectivity index (χ3v) is 12.3. The summed E-state index contributed by atoms with van der Waals surface area (Å²) < 4.78 is 0. The number of carbonyl (C=O) groups is 11. The molecule has 0 radical (unpaired) electrons. The van der Waals surface area contributed by atoms with E-state index in [0.717, 1.165) is 0 Å². The van der Waals surface area contributed by atoms with Gasteiger partial charge in [-0.05, 0) is 91.4 Å². The Hall–Kier alpha value is -6.21. The molecule has 0 unspecified atom stereocenters. The lowest BCUT2D eigenvalue weighted by Crippen LogP contribution is -2.65. The Bertz CT molecular complexity index is 1950. The smallest absolute Gasteiger partial charge is 0.305 e. The maximum atomic E-state index is 14.3. The highest BCUT2D eigenvalue weighted by Crippen LogP contribution is 2.20. The quantitative estimate of drug-likeness (QED) is 0.0569. The van der Waals surface area contributed by atoms with Crippen molar-refractivity contribution in [1.82, 2.24) is 47.9 Å². The first-order valence-electron chi connectivity index (χ1n) is 23.9. The summed E-state index contributed by atoms with van der Waals surface area (Å²) in [5.41, 5.74) is 7.44. The van der Waals surface area contributed by atoms with Gasteiger partial charge >= 0.3 is 5.97 Å². The molecular weight excluding hydrogens is 931 g/mol. The van der Waals surface area contributed by atoms with Crippen molar-refractivity contribution < 1.29 is 68.1 Å². The Morgan fingerprint density at radius 1 is 0.775 bits per heavy atom. The van der Waals surface area contributed by atoms with Gasteiger partial charge in [0.1, 0.15) is 53.4 Å². The summed E-state index contributed by atoms with van der Waals surface area (Å²) in [5.74, 6) is -11.6. The molecule has 10 amide bonds. The SMILES string of the molecule is CC[C@H](C)[C@@H]1NC(=O)[C@H](C)NC(=O)[C@@](C)(NC(=O)[C@H](CCC(N)=O)NC(=O)[C@H](N)[C@@H](C)O)CCC/C=C/CCC[C@@](C)(C(=O)N[C@H](C(=O)N[C@H](C(=O)NC)[C@@H](C)O)C(C)C)NC(=O)[C@H](CC(=O)O)NC1=O. The van der Waals surface area contributed by atoms with Gasteiger partial charge in [-0.1, -0.05) is 46.3 Å². The molecule has 0 saturated carbocycles. The van der Waals surface area contributed by atoms with Crippen LogP contribution in [0.1, 0.15) is 127 Å². The number of aliphatic hydroxyl groups excluding tert-OH is 2. The van der Waals surface area contributed by atoms with Gasteiger partial charge < -0.3 is 74.6 Å². The van der Waals surface area contributed by atoms with E-state index in [0.29, 0.717) is 12.8 Å². The van der Waals surface area contributed by atoms with Crippen LogP contribution in [0, 0.1) is 11.8 Å². The number of nitrogens with two attached hydrogens (primary N) is 2. The van der Waals surface area contributed by atoms with Crippen LogP contribution in [-0.2, 0) is 52.7 Å². The lowest BCUT2D eigenvalue weighted by atomic mass is 9.91. The Labute approximate surface area is 414 Å². The summed E-state index contributed by atoms with van der Waals surface area (Å²) in [6.07, 6.45) is 0.482. The van der Waals surface area contributed by atoms with Crippen molar-refractivity contribution in [3.05, 3.63) is 12.2 Å².